The monoisotopic (exact) mass is 422 g/mol. The Kier molecular flexibility index (Phi) is 6.79. The Morgan fingerprint density at radius 2 is 1.77 bits per heavy atom. The molecular formula is C21H25F3N4O2. The van der Waals surface area contributed by atoms with E-state index in [-0.39, 0.29) is 30.6 Å². The molecule has 1 saturated carbocycles. The van der Waals surface area contributed by atoms with E-state index >= 15 is 0 Å². The highest BCUT2D eigenvalue weighted by Gasteiger charge is 2.40. The molecule has 0 aliphatic heterocycles. The van der Waals surface area contributed by atoms with E-state index in [1.807, 2.05) is 0 Å². The molecule has 6 nitrogen and oxygen atoms in total. The molecule has 9 heteroatoms. The van der Waals surface area contributed by atoms with E-state index in [0.717, 1.165) is 43.0 Å². The fourth-order valence-electron chi connectivity index (χ4n) is 3.74. The van der Waals surface area contributed by atoms with Gasteiger partial charge in [-0.3, -0.25) is 9.59 Å². The van der Waals surface area contributed by atoms with Gasteiger partial charge < -0.3 is 10.6 Å². The molecule has 0 spiro atoms. The number of benzene rings is 1. The average Bonchev–Trinajstić information content (AvgIpc) is 3.17. The highest BCUT2D eigenvalue weighted by Crippen LogP contribution is 2.34. The van der Waals surface area contributed by atoms with E-state index < -0.39 is 23.3 Å². The minimum atomic E-state index is -4.76. The highest BCUT2D eigenvalue weighted by molar-refractivity contribution is 5.95. The van der Waals surface area contributed by atoms with Crippen molar-refractivity contribution in [2.45, 2.75) is 45.2 Å². The van der Waals surface area contributed by atoms with E-state index in [1.165, 1.54) is 6.07 Å². The number of hydrogen-bond donors (Lipinski definition) is 2. The molecule has 1 fully saturated rings. The van der Waals surface area contributed by atoms with E-state index in [0.29, 0.717) is 5.56 Å². The third-order valence-electron chi connectivity index (χ3n) is 5.31. The maximum Gasteiger partial charge on any atom is 0.434 e. The van der Waals surface area contributed by atoms with Crippen molar-refractivity contribution in [3.8, 4) is 5.69 Å². The number of nitrogens with one attached hydrogen (secondary N) is 2. The van der Waals surface area contributed by atoms with Crippen molar-refractivity contribution < 1.29 is 22.8 Å². The summed E-state index contributed by atoms with van der Waals surface area (Å²) in [5.74, 6) is -0.958. The largest absolute Gasteiger partial charge is 0.434 e. The van der Waals surface area contributed by atoms with Crippen molar-refractivity contribution in [1.29, 1.82) is 0 Å². The summed E-state index contributed by atoms with van der Waals surface area (Å²) in [6, 6.07) is 6.51. The Bertz CT molecular complexity index is 902. The average molecular weight is 422 g/mol. The normalized spacial score (nSPS) is 15.1. The summed E-state index contributed by atoms with van der Waals surface area (Å²) >= 11 is 0. The zero-order chi connectivity index (χ0) is 21.7. The SMILES string of the molecule is Cc1ccccc1-n1ncc(C(=O)NCCNC(=O)C2CCCCC2)c1C(F)(F)F. The van der Waals surface area contributed by atoms with E-state index in [9.17, 15) is 22.8 Å². The van der Waals surface area contributed by atoms with E-state index in [4.69, 9.17) is 0 Å². The minimum absolute atomic E-state index is 0.0152. The fourth-order valence-corrected chi connectivity index (χ4v) is 3.74. The summed E-state index contributed by atoms with van der Waals surface area (Å²) in [6.07, 6.45) is 1.06. The van der Waals surface area contributed by atoms with Gasteiger partial charge >= 0.3 is 6.18 Å². The number of para-hydroxylation sites is 1. The summed E-state index contributed by atoms with van der Waals surface area (Å²) in [5.41, 5.74) is -0.822. The Morgan fingerprint density at radius 3 is 2.43 bits per heavy atom. The lowest BCUT2D eigenvalue weighted by molar-refractivity contribution is -0.143. The standard InChI is InChI=1S/C21H25F3N4O2/c1-14-7-5-6-10-17(14)28-18(21(22,23)24)16(13-27-28)20(30)26-12-11-25-19(29)15-8-3-2-4-9-15/h5-7,10,13,15H,2-4,8-9,11-12H2,1H3,(H,25,29)(H,26,30). The predicted molar refractivity (Wildman–Crippen MR) is 105 cm³/mol. The number of carbonyl (C=O) groups excluding carboxylic acids is 2. The van der Waals surface area contributed by atoms with Crippen LogP contribution in [-0.4, -0.2) is 34.7 Å². The number of nitrogens with zero attached hydrogens (tertiary/aromatic N) is 2. The first-order valence-electron chi connectivity index (χ1n) is 10.1. The molecule has 1 heterocycles. The van der Waals surface area contributed by atoms with Gasteiger partial charge in [0.05, 0.1) is 17.4 Å². The molecule has 1 aromatic carbocycles. The second-order valence-electron chi connectivity index (χ2n) is 7.48. The Balaban J connectivity index is 1.66. The third kappa shape index (κ3) is 5.01. The zero-order valence-electron chi connectivity index (χ0n) is 16.8. The van der Waals surface area contributed by atoms with Crippen LogP contribution in [0.5, 0.6) is 0 Å². The summed E-state index contributed by atoms with van der Waals surface area (Å²) < 4.78 is 41.9. The molecule has 30 heavy (non-hydrogen) atoms. The molecule has 0 unspecified atom stereocenters. The fraction of sp³-hybridized carbons (Fsp3) is 0.476. The van der Waals surface area contributed by atoms with Crippen molar-refractivity contribution in [2.24, 2.45) is 5.92 Å². The van der Waals surface area contributed by atoms with Gasteiger partial charge in [-0.05, 0) is 31.4 Å². The molecule has 1 aromatic heterocycles. The van der Waals surface area contributed by atoms with Gasteiger partial charge in [0.2, 0.25) is 5.91 Å². The van der Waals surface area contributed by atoms with Crippen LogP contribution in [0, 0.1) is 12.8 Å². The molecule has 0 atom stereocenters. The van der Waals surface area contributed by atoms with Crippen LogP contribution in [0.1, 0.15) is 53.7 Å². The molecule has 3 rings (SSSR count). The Morgan fingerprint density at radius 1 is 1.10 bits per heavy atom. The van der Waals surface area contributed by atoms with Crippen LogP contribution in [0.25, 0.3) is 5.69 Å². The van der Waals surface area contributed by atoms with Gasteiger partial charge in [0.1, 0.15) is 0 Å². The van der Waals surface area contributed by atoms with Crippen molar-refractivity contribution in [2.75, 3.05) is 13.1 Å². The van der Waals surface area contributed by atoms with Gasteiger partial charge in [0.15, 0.2) is 5.69 Å². The van der Waals surface area contributed by atoms with Gasteiger partial charge in [-0.15, -0.1) is 0 Å². The lowest BCUT2D eigenvalue weighted by atomic mass is 9.89. The number of alkyl halides is 3. The summed E-state index contributed by atoms with van der Waals surface area (Å²) in [7, 11) is 0. The molecule has 2 aromatic rings. The number of aromatic nitrogens is 2. The molecule has 2 amide bonds. The quantitative estimate of drug-likeness (QED) is 0.698. The van der Waals surface area contributed by atoms with Crippen molar-refractivity contribution >= 4 is 11.8 Å². The van der Waals surface area contributed by atoms with Crippen LogP contribution >= 0.6 is 0 Å². The number of aryl methyl sites for hydroxylation is 1. The van der Waals surface area contributed by atoms with Crippen LogP contribution in [0.15, 0.2) is 30.5 Å². The highest BCUT2D eigenvalue weighted by atomic mass is 19.4. The molecule has 162 valence electrons. The lowest BCUT2D eigenvalue weighted by Crippen LogP contribution is -2.38. The topological polar surface area (TPSA) is 76.0 Å². The predicted octanol–water partition coefficient (Wildman–Crippen LogP) is 3.63. The molecule has 1 aliphatic rings. The summed E-state index contributed by atoms with van der Waals surface area (Å²) in [6.45, 7) is 1.87. The van der Waals surface area contributed by atoms with Crippen LogP contribution in [-0.2, 0) is 11.0 Å². The summed E-state index contributed by atoms with van der Waals surface area (Å²) in [5, 5.41) is 9.01. The van der Waals surface area contributed by atoms with Gasteiger partial charge in [-0.2, -0.15) is 18.3 Å². The maximum atomic E-state index is 13.7. The van der Waals surface area contributed by atoms with Gasteiger partial charge in [0.25, 0.3) is 5.91 Å². The second-order valence-corrected chi connectivity index (χ2v) is 7.48. The molecule has 1 aliphatic carbocycles. The van der Waals surface area contributed by atoms with Gasteiger partial charge in [0, 0.05) is 19.0 Å². The molecule has 0 saturated heterocycles. The van der Waals surface area contributed by atoms with Crippen LogP contribution in [0.3, 0.4) is 0 Å². The number of amides is 2. The van der Waals surface area contributed by atoms with Crippen molar-refractivity contribution in [1.82, 2.24) is 20.4 Å². The first-order chi connectivity index (χ1) is 14.3. The number of rotatable bonds is 6. The second kappa shape index (κ2) is 9.32. The van der Waals surface area contributed by atoms with Crippen LogP contribution in [0.4, 0.5) is 13.2 Å². The molecular weight excluding hydrogens is 397 g/mol. The van der Waals surface area contributed by atoms with Crippen molar-refractivity contribution in [3.63, 3.8) is 0 Å². The Hall–Kier alpha value is -2.84. The van der Waals surface area contributed by atoms with Gasteiger partial charge in [-0.1, -0.05) is 37.5 Å². The number of hydrogen-bond acceptors (Lipinski definition) is 3. The third-order valence-corrected chi connectivity index (χ3v) is 5.31. The Labute approximate surface area is 172 Å². The smallest absolute Gasteiger partial charge is 0.354 e. The zero-order valence-corrected chi connectivity index (χ0v) is 16.8. The number of carbonyl (C=O) groups is 2. The summed E-state index contributed by atoms with van der Waals surface area (Å²) in [4.78, 5) is 24.5. The van der Waals surface area contributed by atoms with Crippen molar-refractivity contribution in [3.05, 3.63) is 47.3 Å². The van der Waals surface area contributed by atoms with E-state index in [2.05, 4.69) is 15.7 Å². The maximum absolute atomic E-state index is 13.7. The molecule has 0 bridgehead atoms. The first-order valence-corrected chi connectivity index (χ1v) is 10.1. The number of halogens is 3. The van der Waals surface area contributed by atoms with Crippen LogP contribution < -0.4 is 10.6 Å². The van der Waals surface area contributed by atoms with Gasteiger partial charge in [-0.25, -0.2) is 4.68 Å². The van der Waals surface area contributed by atoms with E-state index in [1.54, 1.807) is 25.1 Å². The van der Waals surface area contributed by atoms with Crippen LogP contribution in [0.2, 0.25) is 0 Å². The molecule has 2 N–H and O–H groups in total. The lowest BCUT2D eigenvalue weighted by Gasteiger charge is -2.20. The first kappa shape index (κ1) is 21.9. The minimum Gasteiger partial charge on any atom is -0.354 e. The molecule has 0 radical (unpaired) electrons.